The van der Waals surface area contributed by atoms with Crippen molar-refractivity contribution in [1.82, 2.24) is 10.2 Å². The number of rotatable bonds is 6. The number of hydrogen-bond acceptors (Lipinski definition) is 5. The van der Waals surface area contributed by atoms with Crippen molar-refractivity contribution < 1.29 is 4.79 Å². The highest BCUT2D eigenvalue weighted by molar-refractivity contribution is 5.81. The number of ketones is 1. The molecular weight excluding hydrogens is 336 g/mol. The molecule has 0 saturated carbocycles. The van der Waals surface area contributed by atoms with Gasteiger partial charge < -0.3 is 4.90 Å². The fourth-order valence-corrected chi connectivity index (χ4v) is 3.64. The number of benzene rings is 1. The summed E-state index contributed by atoms with van der Waals surface area (Å²) in [5, 5.41) is 16.9. The second-order valence-corrected chi connectivity index (χ2v) is 7.66. The zero-order chi connectivity index (χ0) is 19.2. The van der Waals surface area contributed by atoms with Gasteiger partial charge in [-0.2, -0.15) is 5.26 Å². The molecule has 0 radical (unpaired) electrons. The molecular formula is C22H26N4O. The fourth-order valence-electron chi connectivity index (χ4n) is 3.64. The van der Waals surface area contributed by atoms with Crippen LogP contribution in [0.15, 0.2) is 36.4 Å². The van der Waals surface area contributed by atoms with Crippen LogP contribution < -0.4 is 4.90 Å². The zero-order valence-electron chi connectivity index (χ0n) is 16.1. The van der Waals surface area contributed by atoms with Gasteiger partial charge in [0.25, 0.3) is 0 Å². The minimum Gasteiger partial charge on any atom is -0.355 e. The molecule has 1 fully saturated rings. The van der Waals surface area contributed by atoms with Gasteiger partial charge in [-0.3, -0.25) is 4.79 Å². The van der Waals surface area contributed by atoms with Crippen LogP contribution >= 0.6 is 0 Å². The van der Waals surface area contributed by atoms with Gasteiger partial charge in [0.1, 0.15) is 11.9 Å². The van der Waals surface area contributed by atoms with Crippen LogP contribution in [0.5, 0.6) is 0 Å². The summed E-state index contributed by atoms with van der Waals surface area (Å²) < 4.78 is 0. The van der Waals surface area contributed by atoms with E-state index in [2.05, 4.69) is 53.2 Å². The summed E-state index contributed by atoms with van der Waals surface area (Å²) in [6.07, 6.45) is 3.22. The topological polar surface area (TPSA) is 69.9 Å². The maximum absolute atomic E-state index is 12.5. The SMILES string of the molecule is CC(C)c1ccc(CC(=O)C[C@H]2CCCN(c3ccc(C#N)nn3)C2)cc1. The summed E-state index contributed by atoms with van der Waals surface area (Å²) in [5.41, 5.74) is 2.72. The molecule has 2 aromatic rings. The molecule has 0 aliphatic carbocycles. The molecule has 1 aliphatic rings. The van der Waals surface area contributed by atoms with E-state index in [1.807, 2.05) is 12.1 Å². The van der Waals surface area contributed by atoms with Gasteiger partial charge in [0.2, 0.25) is 0 Å². The molecule has 1 aromatic carbocycles. The third kappa shape index (κ3) is 5.13. The highest BCUT2D eigenvalue weighted by Crippen LogP contribution is 2.24. The minimum atomic E-state index is 0.296. The molecule has 1 aromatic heterocycles. The maximum Gasteiger partial charge on any atom is 0.163 e. The van der Waals surface area contributed by atoms with Gasteiger partial charge in [-0.25, -0.2) is 0 Å². The standard InChI is InChI=1S/C22H26N4O/c1-16(2)19-7-5-17(6-8-19)12-21(27)13-18-4-3-11-26(15-18)22-10-9-20(14-23)24-25-22/h5-10,16,18H,3-4,11-13,15H2,1-2H3/t18-/m1/s1. The van der Waals surface area contributed by atoms with Gasteiger partial charge >= 0.3 is 0 Å². The lowest BCUT2D eigenvalue weighted by atomic mass is 9.91. The van der Waals surface area contributed by atoms with Gasteiger partial charge in [0.15, 0.2) is 11.5 Å². The van der Waals surface area contributed by atoms with E-state index in [0.717, 1.165) is 37.3 Å². The van der Waals surface area contributed by atoms with E-state index in [1.54, 1.807) is 6.07 Å². The van der Waals surface area contributed by atoms with Gasteiger partial charge in [-0.15, -0.1) is 10.2 Å². The molecule has 0 amide bonds. The largest absolute Gasteiger partial charge is 0.355 e. The Morgan fingerprint density at radius 3 is 2.63 bits per heavy atom. The number of nitrogens with zero attached hydrogens (tertiary/aromatic N) is 4. The van der Waals surface area contributed by atoms with E-state index in [-0.39, 0.29) is 0 Å². The maximum atomic E-state index is 12.5. The average Bonchev–Trinajstić information content (AvgIpc) is 2.68. The normalized spacial score (nSPS) is 17.0. The Bertz CT molecular complexity index is 806. The Kier molecular flexibility index (Phi) is 6.18. The monoisotopic (exact) mass is 362 g/mol. The molecule has 27 heavy (non-hydrogen) atoms. The van der Waals surface area contributed by atoms with E-state index >= 15 is 0 Å². The molecule has 5 nitrogen and oxygen atoms in total. The van der Waals surface area contributed by atoms with Crippen molar-refractivity contribution in [3.05, 3.63) is 53.2 Å². The second-order valence-electron chi connectivity index (χ2n) is 7.66. The van der Waals surface area contributed by atoms with E-state index < -0.39 is 0 Å². The summed E-state index contributed by atoms with van der Waals surface area (Å²) in [6.45, 7) is 6.08. The minimum absolute atomic E-state index is 0.296. The van der Waals surface area contributed by atoms with Crippen molar-refractivity contribution >= 4 is 11.6 Å². The van der Waals surface area contributed by atoms with Crippen LogP contribution in [0, 0.1) is 17.2 Å². The lowest BCUT2D eigenvalue weighted by Crippen LogP contribution is -2.37. The molecule has 2 heterocycles. The summed E-state index contributed by atoms with van der Waals surface area (Å²) in [4.78, 5) is 14.7. The number of piperidine rings is 1. The Labute approximate surface area is 161 Å². The number of anilines is 1. The Morgan fingerprint density at radius 2 is 2.00 bits per heavy atom. The van der Waals surface area contributed by atoms with Crippen LogP contribution in [0.2, 0.25) is 0 Å². The van der Waals surface area contributed by atoms with E-state index in [1.165, 1.54) is 5.56 Å². The zero-order valence-corrected chi connectivity index (χ0v) is 16.1. The quantitative estimate of drug-likeness (QED) is 0.780. The molecule has 140 valence electrons. The first-order valence-corrected chi connectivity index (χ1v) is 9.64. The molecule has 1 aliphatic heterocycles. The molecule has 0 unspecified atom stereocenters. The van der Waals surface area contributed by atoms with Crippen molar-refractivity contribution in [3.63, 3.8) is 0 Å². The fraction of sp³-hybridized carbons (Fsp3) is 0.455. The molecule has 1 saturated heterocycles. The van der Waals surface area contributed by atoms with Crippen LogP contribution in [-0.4, -0.2) is 29.1 Å². The lowest BCUT2D eigenvalue weighted by molar-refractivity contribution is -0.119. The lowest BCUT2D eigenvalue weighted by Gasteiger charge is -2.33. The highest BCUT2D eigenvalue weighted by atomic mass is 16.1. The predicted octanol–water partition coefficient (Wildman–Crippen LogP) is 3.89. The third-order valence-electron chi connectivity index (χ3n) is 5.17. The van der Waals surface area contributed by atoms with Gasteiger partial charge in [-0.05, 0) is 47.9 Å². The smallest absolute Gasteiger partial charge is 0.163 e. The predicted molar refractivity (Wildman–Crippen MR) is 106 cm³/mol. The summed E-state index contributed by atoms with van der Waals surface area (Å²) in [7, 11) is 0. The summed E-state index contributed by atoms with van der Waals surface area (Å²) in [6, 6.07) is 13.9. The number of hydrogen-bond donors (Lipinski definition) is 0. The Balaban J connectivity index is 1.55. The van der Waals surface area contributed by atoms with Gasteiger partial charge in [0, 0.05) is 25.9 Å². The molecule has 1 atom stereocenters. The second kappa shape index (κ2) is 8.77. The van der Waals surface area contributed by atoms with Crippen molar-refractivity contribution in [3.8, 4) is 6.07 Å². The van der Waals surface area contributed by atoms with Crippen molar-refractivity contribution in [2.24, 2.45) is 5.92 Å². The van der Waals surface area contributed by atoms with Crippen LogP contribution in [0.25, 0.3) is 0 Å². The number of Topliss-reactive ketones (excluding diaryl/α,β-unsaturated/α-hetero) is 1. The first kappa shape index (κ1) is 19.0. The Morgan fingerprint density at radius 1 is 1.22 bits per heavy atom. The van der Waals surface area contributed by atoms with Crippen LogP contribution in [0.4, 0.5) is 5.82 Å². The van der Waals surface area contributed by atoms with E-state index in [9.17, 15) is 4.79 Å². The van der Waals surface area contributed by atoms with Crippen LogP contribution in [0.3, 0.4) is 0 Å². The number of nitriles is 1. The number of carbonyl (C=O) groups excluding carboxylic acids is 1. The number of carbonyl (C=O) groups is 1. The molecule has 0 N–H and O–H groups in total. The van der Waals surface area contributed by atoms with Gasteiger partial charge in [-0.1, -0.05) is 38.1 Å². The first-order chi connectivity index (χ1) is 13.0. The Hall–Kier alpha value is -2.74. The highest BCUT2D eigenvalue weighted by Gasteiger charge is 2.23. The third-order valence-corrected chi connectivity index (χ3v) is 5.17. The summed E-state index contributed by atoms with van der Waals surface area (Å²) in [5.74, 6) is 1.94. The summed E-state index contributed by atoms with van der Waals surface area (Å²) >= 11 is 0. The van der Waals surface area contributed by atoms with E-state index in [4.69, 9.17) is 5.26 Å². The van der Waals surface area contributed by atoms with Crippen molar-refractivity contribution in [2.75, 3.05) is 18.0 Å². The molecule has 5 heteroatoms. The average molecular weight is 362 g/mol. The van der Waals surface area contributed by atoms with Crippen LogP contribution in [-0.2, 0) is 11.2 Å². The molecule has 3 rings (SSSR count). The van der Waals surface area contributed by atoms with Gasteiger partial charge in [0.05, 0.1) is 0 Å². The van der Waals surface area contributed by atoms with Crippen LogP contribution in [0.1, 0.15) is 55.8 Å². The van der Waals surface area contributed by atoms with Crippen molar-refractivity contribution in [1.29, 1.82) is 5.26 Å². The molecule has 0 spiro atoms. The van der Waals surface area contributed by atoms with E-state index in [0.29, 0.717) is 36.2 Å². The first-order valence-electron chi connectivity index (χ1n) is 9.64. The van der Waals surface area contributed by atoms with Crippen molar-refractivity contribution in [2.45, 2.75) is 45.4 Å². The molecule has 0 bridgehead atoms. The number of aromatic nitrogens is 2.